The lowest BCUT2D eigenvalue weighted by molar-refractivity contribution is -0.138. The third-order valence-corrected chi connectivity index (χ3v) is 5.18. The summed E-state index contributed by atoms with van der Waals surface area (Å²) in [6.07, 6.45) is -2.55. The van der Waals surface area contributed by atoms with E-state index < -0.39 is 11.7 Å². The second-order valence-electron chi connectivity index (χ2n) is 7.45. The smallest absolute Gasteiger partial charge is 0.341 e. The van der Waals surface area contributed by atoms with Gasteiger partial charge in [-0.1, -0.05) is 42.5 Å². The maximum atomic E-state index is 12.8. The molecule has 0 N–H and O–H groups in total. The molecule has 1 aliphatic rings. The lowest BCUT2D eigenvalue weighted by Crippen LogP contribution is -2.43. The van der Waals surface area contributed by atoms with E-state index in [1.54, 1.807) is 4.90 Å². The first-order chi connectivity index (χ1) is 13.3. The van der Waals surface area contributed by atoms with Crippen LogP contribution < -0.4 is 0 Å². The lowest BCUT2D eigenvalue weighted by atomic mass is 9.96. The molecule has 2 aromatic carbocycles. The molecule has 0 bridgehead atoms. The predicted octanol–water partition coefficient (Wildman–Crippen LogP) is 4.58. The van der Waals surface area contributed by atoms with Gasteiger partial charge in [0.2, 0.25) is 5.91 Å². The van der Waals surface area contributed by atoms with E-state index >= 15 is 0 Å². The third-order valence-electron chi connectivity index (χ3n) is 5.18. The average molecular weight is 390 g/mol. The summed E-state index contributed by atoms with van der Waals surface area (Å²) in [4.78, 5) is 16.8. The molecule has 6 heteroatoms. The fourth-order valence-corrected chi connectivity index (χ4v) is 3.70. The fourth-order valence-electron chi connectivity index (χ4n) is 3.70. The Hall–Kier alpha value is -2.34. The molecule has 1 fully saturated rings. The molecular formula is C22H25F3N2O. The van der Waals surface area contributed by atoms with Crippen molar-refractivity contribution in [3.8, 4) is 0 Å². The number of carbonyl (C=O) groups is 1. The maximum Gasteiger partial charge on any atom is 0.416 e. The van der Waals surface area contributed by atoms with Crippen LogP contribution in [0.1, 0.15) is 29.5 Å². The number of piperidine rings is 1. The zero-order valence-corrected chi connectivity index (χ0v) is 16.0. The van der Waals surface area contributed by atoms with Crippen LogP contribution in [0.5, 0.6) is 0 Å². The molecule has 28 heavy (non-hydrogen) atoms. The summed E-state index contributed by atoms with van der Waals surface area (Å²) in [6, 6.07) is 15.2. The van der Waals surface area contributed by atoms with Crippen molar-refractivity contribution in [1.29, 1.82) is 0 Å². The molecule has 1 amide bonds. The van der Waals surface area contributed by atoms with E-state index in [1.807, 2.05) is 37.4 Å². The van der Waals surface area contributed by atoms with Crippen molar-refractivity contribution in [2.24, 2.45) is 5.92 Å². The molecule has 1 aliphatic heterocycles. The Morgan fingerprint density at radius 3 is 2.39 bits per heavy atom. The first-order valence-corrected chi connectivity index (χ1v) is 9.50. The predicted molar refractivity (Wildman–Crippen MR) is 102 cm³/mol. The van der Waals surface area contributed by atoms with Crippen molar-refractivity contribution >= 4 is 5.91 Å². The Balaban J connectivity index is 1.56. The van der Waals surface area contributed by atoms with Crippen LogP contribution in [0.3, 0.4) is 0 Å². The second-order valence-corrected chi connectivity index (χ2v) is 7.45. The van der Waals surface area contributed by atoms with Crippen LogP contribution in [0.2, 0.25) is 0 Å². The molecule has 150 valence electrons. The highest BCUT2D eigenvalue weighted by Gasteiger charge is 2.30. The summed E-state index contributed by atoms with van der Waals surface area (Å²) in [5.74, 6) is 0.0536. The van der Waals surface area contributed by atoms with Gasteiger partial charge in [-0.25, -0.2) is 0 Å². The van der Waals surface area contributed by atoms with Gasteiger partial charge in [0.05, 0.1) is 11.5 Å². The molecule has 0 saturated carbocycles. The van der Waals surface area contributed by atoms with E-state index in [0.717, 1.165) is 42.6 Å². The Kier molecular flexibility index (Phi) is 6.39. The van der Waals surface area contributed by atoms with E-state index in [2.05, 4.69) is 4.90 Å². The summed E-state index contributed by atoms with van der Waals surface area (Å²) in [6.45, 7) is 2.63. The number of halogens is 3. The zero-order valence-electron chi connectivity index (χ0n) is 16.0. The number of nitrogens with zero attached hydrogens (tertiary/aromatic N) is 2. The first-order valence-electron chi connectivity index (χ1n) is 9.50. The molecule has 0 unspecified atom stereocenters. The molecule has 0 spiro atoms. The molecule has 0 aliphatic carbocycles. The van der Waals surface area contributed by atoms with Gasteiger partial charge in [0, 0.05) is 26.7 Å². The van der Waals surface area contributed by atoms with Crippen molar-refractivity contribution in [2.45, 2.75) is 32.1 Å². The Morgan fingerprint density at radius 1 is 1.07 bits per heavy atom. The minimum Gasteiger partial charge on any atom is -0.341 e. The summed E-state index contributed by atoms with van der Waals surface area (Å²) in [7, 11) is 1.82. The van der Waals surface area contributed by atoms with Gasteiger partial charge < -0.3 is 4.90 Å². The SMILES string of the molecule is CN(Cc1ccccc1)C(=O)[C@H]1CCCN(Cc2ccc(C(F)(F)F)cc2)C1. The number of likely N-dealkylation sites (tertiary alicyclic amines) is 1. The van der Waals surface area contributed by atoms with E-state index in [0.29, 0.717) is 19.6 Å². The highest BCUT2D eigenvalue weighted by Crippen LogP contribution is 2.29. The maximum absolute atomic E-state index is 12.8. The van der Waals surface area contributed by atoms with Gasteiger partial charge in [-0.2, -0.15) is 13.2 Å². The van der Waals surface area contributed by atoms with E-state index in [9.17, 15) is 18.0 Å². The molecule has 1 saturated heterocycles. The van der Waals surface area contributed by atoms with Gasteiger partial charge in [0.1, 0.15) is 0 Å². The number of rotatable bonds is 5. The van der Waals surface area contributed by atoms with Crippen molar-refractivity contribution in [1.82, 2.24) is 9.80 Å². The monoisotopic (exact) mass is 390 g/mol. The quantitative estimate of drug-likeness (QED) is 0.746. The van der Waals surface area contributed by atoms with Crippen molar-refractivity contribution in [3.05, 3.63) is 71.3 Å². The van der Waals surface area contributed by atoms with Crippen LogP contribution in [0.4, 0.5) is 13.2 Å². The van der Waals surface area contributed by atoms with Crippen molar-refractivity contribution < 1.29 is 18.0 Å². The zero-order chi connectivity index (χ0) is 20.1. The van der Waals surface area contributed by atoms with Crippen LogP contribution in [0.25, 0.3) is 0 Å². The second kappa shape index (κ2) is 8.78. The van der Waals surface area contributed by atoms with E-state index in [1.165, 1.54) is 12.1 Å². The van der Waals surface area contributed by atoms with Gasteiger partial charge in [0.25, 0.3) is 0 Å². The average Bonchev–Trinajstić information content (AvgIpc) is 2.68. The van der Waals surface area contributed by atoms with Crippen LogP contribution in [-0.4, -0.2) is 35.8 Å². The van der Waals surface area contributed by atoms with Gasteiger partial charge in [0.15, 0.2) is 0 Å². The number of benzene rings is 2. The largest absolute Gasteiger partial charge is 0.416 e. The first kappa shape index (κ1) is 20.4. The molecule has 0 radical (unpaired) electrons. The van der Waals surface area contributed by atoms with Gasteiger partial charge in [-0.3, -0.25) is 9.69 Å². The number of hydrogen-bond acceptors (Lipinski definition) is 2. The minimum absolute atomic E-state index is 0.0723. The fraction of sp³-hybridized carbons (Fsp3) is 0.409. The molecular weight excluding hydrogens is 365 g/mol. The summed E-state index contributed by atoms with van der Waals surface area (Å²) < 4.78 is 38.1. The van der Waals surface area contributed by atoms with Crippen LogP contribution >= 0.6 is 0 Å². The van der Waals surface area contributed by atoms with Crippen molar-refractivity contribution in [2.75, 3.05) is 20.1 Å². The summed E-state index contributed by atoms with van der Waals surface area (Å²) >= 11 is 0. The number of amides is 1. The Bertz CT molecular complexity index is 775. The Morgan fingerprint density at radius 2 is 1.75 bits per heavy atom. The summed E-state index contributed by atoms with van der Waals surface area (Å²) in [5.41, 5.74) is 1.29. The van der Waals surface area contributed by atoms with Crippen LogP contribution in [0, 0.1) is 5.92 Å². The summed E-state index contributed by atoms with van der Waals surface area (Å²) in [5, 5.41) is 0. The molecule has 3 rings (SSSR count). The van der Waals surface area contributed by atoms with E-state index in [4.69, 9.17) is 0 Å². The molecule has 3 nitrogen and oxygen atoms in total. The lowest BCUT2D eigenvalue weighted by Gasteiger charge is -2.34. The normalized spacial score (nSPS) is 18.1. The van der Waals surface area contributed by atoms with E-state index in [-0.39, 0.29) is 11.8 Å². The minimum atomic E-state index is -4.31. The number of carbonyl (C=O) groups excluding carboxylic acids is 1. The Labute approximate surface area is 163 Å². The molecule has 1 heterocycles. The van der Waals surface area contributed by atoms with Crippen LogP contribution in [0.15, 0.2) is 54.6 Å². The molecule has 2 aromatic rings. The highest BCUT2D eigenvalue weighted by atomic mass is 19.4. The van der Waals surface area contributed by atoms with Crippen molar-refractivity contribution in [3.63, 3.8) is 0 Å². The molecule has 0 aromatic heterocycles. The standard InChI is InChI=1S/C22H25F3N2O/c1-26(14-17-6-3-2-4-7-17)21(28)19-8-5-13-27(16-19)15-18-9-11-20(12-10-18)22(23,24)25/h2-4,6-7,9-12,19H,5,8,13-16H2,1H3/t19-/m0/s1. The van der Waals surface area contributed by atoms with Crippen LogP contribution in [-0.2, 0) is 24.1 Å². The number of hydrogen-bond donors (Lipinski definition) is 0. The number of alkyl halides is 3. The topological polar surface area (TPSA) is 23.6 Å². The molecule has 1 atom stereocenters. The third kappa shape index (κ3) is 5.35. The van der Waals surface area contributed by atoms with Gasteiger partial charge >= 0.3 is 6.18 Å². The highest BCUT2D eigenvalue weighted by molar-refractivity contribution is 5.78. The van der Waals surface area contributed by atoms with Gasteiger partial charge in [-0.15, -0.1) is 0 Å². The van der Waals surface area contributed by atoms with Gasteiger partial charge in [-0.05, 0) is 42.6 Å².